The van der Waals surface area contributed by atoms with E-state index in [4.69, 9.17) is 51.6 Å². The molecule has 0 bridgehead atoms. The normalized spacial score (nSPS) is 11.4. The lowest BCUT2D eigenvalue weighted by Gasteiger charge is -2.14. The number of aliphatic carboxylic acids is 1. The molecule has 1 heterocycles. The molecule has 1 aliphatic heterocycles. The molecule has 0 radical (unpaired) electrons. The number of aliphatic hydroxyl groups is 2. The number of carbonyl (C=O) groups excluding carboxylic acids is 1. The molecule has 436 valence electrons. The molecular formula is C42H71B4F3N14O14P2. The molecule has 0 aliphatic carbocycles. The van der Waals surface area contributed by atoms with E-state index in [0.29, 0.717) is 28.3 Å². The van der Waals surface area contributed by atoms with Crippen molar-refractivity contribution in [2.24, 2.45) is 26.4 Å². The Morgan fingerprint density at radius 3 is 1.49 bits per heavy atom. The van der Waals surface area contributed by atoms with Crippen molar-refractivity contribution in [2.45, 2.75) is 73.7 Å². The summed E-state index contributed by atoms with van der Waals surface area (Å²) < 4.78 is 63.3. The molecule has 4 aromatic carbocycles. The van der Waals surface area contributed by atoms with E-state index in [1.54, 1.807) is 87.6 Å². The van der Waals surface area contributed by atoms with Gasteiger partial charge in [0.25, 0.3) is 0 Å². The van der Waals surface area contributed by atoms with Crippen LogP contribution in [0.3, 0.4) is 0 Å². The summed E-state index contributed by atoms with van der Waals surface area (Å²) in [6, 6.07) is 28.3. The molecule has 1 aliphatic rings. The number of nitrogens with two attached hydrogens (primary N) is 3. The van der Waals surface area contributed by atoms with Crippen LogP contribution >= 0.6 is 15.2 Å². The molecule has 79 heavy (non-hydrogen) atoms. The highest BCUT2D eigenvalue weighted by atomic mass is 31.2. The van der Waals surface area contributed by atoms with Crippen molar-refractivity contribution in [3.63, 3.8) is 0 Å². The second-order valence-corrected chi connectivity index (χ2v) is 19.6. The number of hydrazone groups is 1. The largest absolute Gasteiger partial charge is 0.542 e. The van der Waals surface area contributed by atoms with E-state index in [9.17, 15) is 42.4 Å². The van der Waals surface area contributed by atoms with Crippen molar-refractivity contribution in [1.29, 1.82) is 0 Å². The Hall–Kier alpha value is -6.70. The average Bonchev–Trinajstić information content (AvgIpc) is 3.94. The van der Waals surface area contributed by atoms with Crippen LogP contribution in [0.2, 0.25) is 27.3 Å². The van der Waals surface area contributed by atoms with Crippen LogP contribution in [-0.4, -0.2) is 118 Å². The Morgan fingerprint density at radius 2 is 1.15 bits per heavy atom. The van der Waals surface area contributed by atoms with E-state index < -0.39 is 55.5 Å². The summed E-state index contributed by atoms with van der Waals surface area (Å²) in [7, 11) is -10.4. The number of aliphatic hydroxyl groups excluding tert-OH is 2. The Balaban J connectivity index is 0. The standard InChI is InChI=1S/C12H22B2N3O4P.C10H17B2N3O3.C8H12N3O4P.C7H9NO.C2HF3O2.C2H6.CH4N4/c1-13(18)16-12(17-14(2)19)15-11-7-5-6-10(8-11)9-21-22(3,4)20;1-11(17)14-10(15-12(2)18)13-9-5-3-4-8(6-9)7-16;9-8(10)11-7-3-1-2-6(4-7)5-15-16(12,13)14;8-7-3-1-2-6(4-7)5-9;3-2(4,5)1(6)7;1-2;1-2-4-5-3-1/h5-8,18-19H,9H2,1-4H3,(H2,15,16,17);3-6,16-18H,7H2,1-2H3,(H2,13,14,15);1-4H,5H2,(H4,9,10,11)(H2,12,13,14);1-4,9H,5,8H2;(H,6,7);1-2H3;1,4-5H,(H,2,3). The zero-order valence-corrected chi connectivity index (χ0v) is 46.4. The molecular weight excluding hydrogens is 1090 g/mol. The maximum absolute atomic E-state index is 11.6. The summed E-state index contributed by atoms with van der Waals surface area (Å²) in [5.41, 5.74) is 29.2. The topological polar surface area (TPSA) is 468 Å². The van der Waals surface area contributed by atoms with Crippen LogP contribution in [0.4, 0.5) is 35.9 Å². The van der Waals surface area contributed by atoms with E-state index in [1.165, 1.54) is 20.0 Å². The first-order chi connectivity index (χ1) is 36.8. The molecule has 37 heteroatoms. The highest BCUT2D eigenvalue weighted by Crippen LogP contribution is 2.38. The first-order valence-corrected chi connectivity index (χ1v) is 27.2. The molecule has 0 unspecified atom stereocenters. The number of carboxylic acid groups (broad SMARTS) is 1. The molecule has 0 atom stereocenters. The third kappa shape index (κ3) is 43.9. The van der Waals surface area contributed by atoms with Crippen LogP contribution in [0.1, 0.15) is 36.1 Å². The highest BCUT2D eigenvalue weighted by Gasteiger charge is 2.29. The van der Waals surface area contributed by atoms with E-state index in [1.807, 2.05) is 50.2 Å². The lowest BCUT2D eigenvalue weighted by molar-refractivity contribution is -0.356. The van der Waals surface area contributed by atoms with Gasteiger partial charge in [-0.1, -0.05) is 62.4 Å². The fourth-order valence-electron chi connectivity index (χ4n) is 4.89. The number of hydrogen-bond donors (Lipinski definition) is 19. The number of phosphoric acid groups is 1. The number of phosphoric ester groups is 1. The summed E-state index contributed by atoms with van der Waals surface area (Å²) in [6.07, 6.45) is -3.68. The van der Waals surface area contributed by atoms with E-state index in [-0.39, 0.29) is 44.3 Å². The fraction of sp³-hybridized carbons (Fsp3) is 0.310. The van der Waals surface area contributed by atoms with Gasteiger partial charge in [-0.25, -0.2) is 15.1 Å². The number of rotatable bonds is 15. The number of carbonyl (C=O) groups is 1. The summed E-state index contributed by atoms with van der Waals surface area (Å²) in [6.45, 7) is 13.3. The number of carboxylic acids is 1. The lowest BCUT2D eigenvalue weighted by Crippen LogP contribution is -2.72. The summed E-state index contributed by atoms with van der Waals surface area (Å²) in [5.74, 6) is -2.46. The smallest absolute Gasteiger partial charge is 0.469 e. The number of nitrogen functional groups attached to an aromatic ring is 1. The van der Waals surface area contributed by atoms with Crippen molar-refractivity contribution in [3.8, 4) is 0 Å². The SMILES string of the molecule is C1=NNNN1.CB(O)N=C(NB(C)O)Nc1cccc(CO)c1.CB(O)N=C(NB(C)O)Nc1cccc(COP(C)(C)=O)c1.CC.NC(N)=[NH+]c1cccc(COP(=O)(O)O)c1.Nc1cccc(CO)c1.O=C([O-])C(F)(F)F. The number of guanidine groups is 3. The van der Waals surface area contributed by atoms with Gasteiger partial charge in [0.15, 0.2) is 19.3 Å². The van der Waals surface area contributed by atoms with Crippen LogP contribution < -0.4 is 64.9 Å². The number of alkyl halides is 3. The molecule has 4 aromatic rings. The predicted octanol–water partition coefficient (Wildman–Crippen LogP) is -1.01. The van der Waals surface area contributed by atoms with Gasteiger partial charge < -0.3 is 81.3 Å². The molecule has 5 rings (SSSR count). The number of hydrazine groups is 2. The van der Waals surface area contributed by atoms with Gasteiger partial charge in [-0.3, -0.25) is 35.8 Å². The molecule has 0 amide bonds. The second kappa shape index (κ2) is 40.5. The van der Waals surface area contributed by atoms with Gasteiger partial charge in [0.2, 0.25) is 0 Å². The van der Waals surface area contributed by atoms with Crippen molar-refractivity contribution in [3.05, 3.63) is 119 Å². The predicted molar refractivity (Wildman–Crippen MR) is 301 cm³/mol. The van der Waals surface area contributed by atoms with Gasteiger partial charge in [0.1, 0.15) is 12.3 Å². The molecule has 0 aromatic heterocycles. The van der Waals surface area contributed by atoms with Gasteiger partial charge in [0.05, 0.1) is 32.1 Å². The van der Waals surface area contributed by atoms with Gasteiger partial charge in [-0.2, -0.15) is 18.3 Å². The lowest BCUT2D eigenvalue weighted by atomic mass is 9.88. The minimum Gasteiger partial charge on any atom is -0.542 e. The Kier molecular flexibility index (Phi) is 38.1. The monoisotopic (exact) mass is 1160 g/mol. The number of nitrogens with zero attached hydrogens (tertiary/aromatic N) is 3. The van der Waals surface area contributed by atoms with Crippen LogP contribution in [0.15, 0.2) is 112 Å². The van der Waals surface area contributed by atoms with E-state index in [0.717, 1.165) is 16.7 Å². The first-order valence-electron chi connectivity index (χ1n) is 23.2. The summed E-state index contributed by atoms with van der Waals surface area (Å²) >= 11 is 0. The number of halogens is 3. The molecule has 0 fully saturated rings. The summed E-state index contributed by atoms with van der Waals surface area (Å²) in [4.78, 5) is 36.3. The Morgan fingerprint density at radius 1 is 0.734 bits per heavy atom. The number of anilines is 3. The van der Waals surface area contributed by atoms with Gasteiger partial charge >= 0.3 is 48.2 Å². The number of benzene rings is 4. The quantitative estimate of drug-likeness (QED) is 0.0223. The number of nitrogens with one attached hydrogen (secondary N) is 8. The van der Waals surface area contributed by atoms with Crippen LogP contribution in [-0.2, 0) is 49.4 Å². The van der Waals surface area contributed by atoms with Crippen molar-refractivity contribution in [2.75, 3.05) is 29.7 Å². The Labute approximate surface area is 457 Å². The van der Waals surface area contributed by atoms with Crippen LogP contribution in [0.25, 0.3) is 0 Å². The summed E-state index contributed by atoms with van der Waals surface area (Å²) in [5, 5.41) is 78.4. The first kappa shape index (κ1) is 74.4. The molecule has 28 nitrogen and oxygen atoms in total. The maximum Gasteiger partial charge on any atom is 0.469 e. The molecule has 0 saturated carbocycles. The van der Waals surface area contributed by atoms with Crippen molar-refractivity contribution in [1.82, 2.24) is 27.0 Å². The molecule has 22 N–H and O–H groups in total. The van der Waals surface area contributed by atoms with Crippen LogP contribution in [0, 0.1) is 0 Å². The van der Waals surface area contributed by atoms with Crippen molar-refractivity contribution >= 4 is 96.3 Å². The Bertz CT molecular complexity index is 2580. The van der Waals surface area contributed by atoms with Gasteiger partial charge in [-0.05, 0) is 98.1 Å². The van der Waals surface area contributed by atoms with Gasteiger partial charge in [-0.15, -0.1) is 5.53 Å². The van der Waals surface area contributed by atoms with Crippen molar-refractivity contribution < 1.29 is 86.3 Å². The fourth-order valence-corrected chi connectivity index (χ4v) is 5.66. The highest BCUT2D eigenvalue weighted by molar-refractivity contribution is 7.57. The van der Waals surface area contributed by atoms with E-state index in [2.05, 4.69) is 62.0 Å². The minimum atomic E-state index is -5.19. The minimum absolute atomic E-state index is 0.0352. The maximum atomic E-state index is 11.6. The molecule has 0 saturated heterocycles. The van der Waals surface area contributed by atoms with Gasteiger partial charge in [0, 0.05) is 30.4 Å². The zero-order valence-electron chi connectivity index (χ0n) is 44.6. The average molecular weight is 1160 g/mol. The third-order valence-electron chi connectivity index (χ3n) is 7.73. The van der Waals surface area contributed by atoms with Crippen LogP contribution in [0.5, 0.6) is 0 Å². The zero-order chi connectivity index (χ0) is 60.8. The molecule has 0 spiro atoms. The second-order valence-electron chi connectivity index (χ2n) is 15.6. The van der Waals surface area contributed by atoms with E-state index >= 15 is 0 Å². The number of hydrogen-bond acceptors (Lipinski definition) is 19. The third-order valence-corrected chi connectivity index (χ3v) is 8.95.